The third-order valence-corrected chi connectivity index (χ3v) is 2.76. The average Bonchev–Trinajstić information content (AvgIpc) is 2.67. The van der Waals surface area contributed by atoms with Crippen LogP contribution < -0.4 is 5.32 Å². The van der Waals surface area contributed by atoms with Crippen molar-refractivity contribution in [2.45, 2.75) is 19.5 Å². The molecule has 1 aliphatic heterocycles. The fraction of sp³-hybridized carbons (Fsp3) is 0.500. The molecule has 2 rings (SSSR count). The summed E-state index contributed by atoms with van der Waals surface area (Å²) in [6.07, 6.45) is 1.43. The number of rotatable bonds is 3. The largest absolute Gasteiger partial charge is 0.310 e. The number of carbonyl (C=O) groups is 1. The lowest BCUT2D eigenvalue weighted by atomic mass is 10.3. The topological polar surface area (TPSA) is 45.2 Å². The Labute approximate surface area is 99.8 Å². The van der Waals surface area contributed by atoms with Crippen LogP contribution in [0.15, 0.2) is 18.3 Å². The van der Waals surface area contributed by atoms with E-state index in [1.165, 1.54) is 0 Å². The van der Waals surface area contributed by atoms with Gasteiger partial charge in [0.2, 0.25) is 5.91 Å². The molecule has 2 heterocycles. The van der Waals surface area contributed by atoms with Crippen molar-refractivity contribution in [3.63, 3.8) is 0 Å². The zero-order chi connectivity index (χ0) is 12.3. The van der Waals surface area contributed by atoms with E-state index in [0.29, 0.717) is 25.3 Å². The van der Waals surface area contributed by atoms with Gasteiger partial charge in [-0.15, -0.1) is 0 Å². The Morgan fingerprint density at radius 1 is 1.65 bits per heavy atom. The highest BCUT2D eigenvalue weighted by atomic mass is 19.1. The van der Waals surface area contributed by atoms with Crippen LogP contribution in [0.25, 0.3) is 0 Å². The summed E-state index contributed by atoms with van der Waals surface area (Å²) in [7, 11) is 0. The van der Waals surface area contributed by atoms with Crippen molar-refractivity contribution < 1.29 is 9.18 Å². The maximum atomic E-state index is 12.9. The molecule has 0 unspecified atom stereocenters. The molecule has 1 N–H and O–H groups in total. The second-order valence-corrected chi connectivity index (χ2v) is 4.39. The molecular weight excluding hydrogens is 221 g/mol. The van der Waals surface area contributed by atoms with Crippen molar-refractivity contribution in [3.8, 4) is 0 Å². The van der Waals surface area contributed by atoms with Crippen molar-refractivity contribution in [2.24, 2.45) is 0 Å². The van der Waals surface area contributed by atoms with Gasteiger partial charge in [0.25, 0.3) is 0 Å². The molecule has 1 aliphatic rings. The molecule has 1 atom stereocenters. The molecule has 1 saturated heterocycles. The maximum Gasteiger partial charge on any atom is 0.239 e. The third kappa shape index (κ3) is 3.49. The summed E-state index contributed by atoms with van der Waals surface area (Å²) in [5, 5.41) is 2.70. The summed E-state index contributed by atoms with van der Waals surface area (Å²) in [5.41, 5.74) is 1.04. The number of nitrogens with one attached hydrogen (secondary N) is 1. The van der Waals surface area contributed by atoms with E-state index >= 15 is 0 Å². The molecule has 1 aromatic rings. The van der Waals surface area contributed by atoms with E-state index in [1.807, 2.05) is 17.9 Å². The fourth-order valence-electron chi connectivity index (χ4n) is 1.86. The Hall–Kier alpha value is -1.49. The van der Waals surface area contributed by atoms with Gasteiger partial charge in [-0.1, -0.05) is 6.07 Å². The van der Waals surface area contributed by atoms with Gasteiger partial charge in [-0.25, -0.2) is 9.37 Å². The number of aromatic nitrogens is 1. The summed E-state index contributed by atoms with van der Waals surface area (Å²) in [6, 6.07) is 3.64. The SMILES string of the molecule is Cc1ccc(NC(=O)CN2CC[C@H](F)C2)nc1. The minimum absolute atomic E-state index is 0.143. The van der Waals surface area contributed by atoms with E-state index in [1.54, 1.807) is 12.3 Å². The molecule has 1 fully saturated rings. The molecule has 92 valence electrons. The Bertz CT molecular complexity index is 393. The van der Waals surface area contributed by atoms with E-state index in [-0.39, 0.29) is 12.5 Å². The van der Waals surface area contributed by atoms with Gasteiger partial charge in [-0.2, -0.15) is 0 Å². The molecule has 0 bridgehead atoms. The molecule has 1 aromatic heterocycles. The van der Waals surface area contributed by atoms with Crippen LogP contribution in [0.3, 0.4) is 0 Å². The number of halogens is 1. The monoisotopic (exact) mass is 237 g/mol. The van der Waals surface area contributed by atoms with Crippen LogP contribution in [0.2, 0.25) is 0 Å². The molecule has 17 heavy (non-hydrogen) atoms. The van der Waals surface area contributed by atoms with E-state index in [0.717, 1.165) is 5.56 Å². The quantitative estimate of drug-likeness (QED) is 0.863. The van der Waals surface area contributed by atoms with Crippen molar-refractivity contribution >= 4 is 11.7 Å². The summed E-state index contributed by atoms with van der Waals surface area (Å²) < 4.78 is 12.9. The summed E-state index contributed by atoms with van der Waals surface area (Å²) in [5.74, 6) is 0.395. The number of anilines is 1. The number of pyridine rings is 1. The average molecular weight is 237 g/mol. The fourth-order valence-corrected chi connectivity index (χ4v) is 1.86. The molecule has 0 aromatic carbocycles. The van der Waals surface area contributed by atoms with Crippen LogP contribution in [0.4, 0.5) is 10.2 Å². The first-order valence-electron chi connectivity index (χ1n) is 5.72. The molecule has 4 nitrogen and oxygen atoms in total. The van der Waals surface area contributed by atoms with Gasteiger partial charge in [0.1, 0.15) is 12.0 Å². The van der Waals surface area contributed by atoms with E-state index < -0.39 is 6.17 Å². The number of hydrogen-bond donors (Lipinski definition) is 1. The lowest BCUT2D eigenvalue weighted by molar-refractivity contribution is -0.117. The highest BCUT2D eigenvalue weighted by molar-refractivity contribution is 5.91. The van der Waals surface area contributed by atoms with Gasteiger partial charge >= 0.3 is 0 Å². The highest BCUT2D eigenvalue weighted by Crippen LogP contribution is 2.12. The zero-order valence-electron chi connectivity index (χ0n) is 9.82. The minimum Gasteiger partial charge on any atom is -0.310 e. The zero-order valence-corrected chi connectivity index (χ0v) is 9.82. The van der Waals surface area contributed by atoms with Crippen LogP contribution in [0.5, 0.6) is 0 Å². The van der Waals surface area contributed by atoms with Gasteiger partial charge in [-0.05, 0) is 25.0 Å². The number of alkyl halides is 1. The second-order valence-electron chi connectivity index (χ2n) is 4.39. The predicted octanol–water partition coefficient (Wildman–Crippen LogP) is 1.37. The lowest BCUT2D eigenvalue weighted by Crippen LogP contribution is -2.31. The summed E-state index contributed by atoms with van der Waals surface area (Å²) >= 11 is 0. The highest BCUT2D eigenvalue weighted by Gasteiger charge is 2.23. The standard InChI is InChI=1S/C12H16FN3O/c1-9-2-3-11(14-6-9)15-12(17)8-16-5-4-10(13)7-16/h2-3,6,10H,4-5,7-8H2,1H3,(H,14,15,17)/t10-/m0/s1. The first kappa shape index (κ1) is 12.0. The van der Waals surface area contributed by atoms with Gasteiger partial charge < -0.3 is 5.32 Å². The Morgan fingerprint density at radius 2 is 2.47 bits per heavy atom. The molecule has 0 radical (unpaired) electrons. The summed E-state index contributed by atoms with van der Waals surface area (Å²) in [6.45, 7) is 3.17. The minimum atomic E-state index is -0.791. The molecule has 1 amide bonds. The molecule has 0 saturated carbocycles. The first-order valence-corrected chi connectivity index (χ1v) is 5.72. The molecule has 5 heteroatoms. The Balaban J connectivity index is 1.83. The number of hydrogen-bond acceptors (Lipinski definition) is 3. The third-order valence-electron chi connectivity index (χ3n) is 2.76. The number of likely N-dealkylation sites (tertiary alicyclic amines) is 1. The van der Waals surface area contributed by atoms with Crippen LogP contribution in [-0.2, 0) is 4.79 Å². The van der Waals surface area contributed by atoms with Gasteiger partial charge in [0.05, 0.1) is 6.54 Å². The van der Waals surface area contributed by atoms with Crippen LogP contribution in [-0.4, -0.2) is 41.6 Å². The first-order chi connectivity index (χ1) is 8.13. The van der Waals surface area contributed by atoms with E-state index in [4.69, 9.17) is 0 Å². The van der Waals surface area contributed by atoms with Crippen molar-refractivity contribution in [2.75, 3.05) is 25.0 Å². The van der Waals surface area contributed by atoms with Crippen molar-refractivity contribution in [1.82, 2.24) is 9.88 Å². The number of nitrogens with zero attached hydrogens (tertiary/aromatic N) is 2. The van der Waals surface area contributed by atoms with Gasteiger partial charge in [0.15, 0.2) is 0 Å². The maximum absolute atomic E-state index is 12.9. The van der Waals surface area contributed by atoms with E-state index in [9.17, 15) is 9.18 Å². The van der Waals surface area contributed by atoms with Gasteiger partial charge in [0, 0.05) is 19.3 Å². The normalized spacial score (nSPS) is 20.5. The van der Waals surface area contributed by atoms with Gasteiger partial charge in [-0.3, -0.25) is 9.69 Å². The predicted molar refractivity (Wildman–Crippen MR) is 63.6 cm³/mol. The smallest absolute Gasteiger partial charge is 0.239 e. The second kappa shape index (κ2) is 5.23. The van der Waals surface area contributed by atoms with Crippen LogP contribution >= 0.6 is 0 Å². The van der Waals surface area contributed by atoms with Crippen LogP contribution in [0, 0.1) is 6.92 Å². The number of carbonyl (C=O) groups excluding carboxylic acids is 1. The molecule has 0 aliphatic carbocycles. The van der Waals surface area contributed by atoms with Crippen molar-refractivity contribution in [3.05, 3.63) is 23.9 Å². The molecule has 0 spiro atoms. The summed E-state index contributed by atoms with van der Waals surface area (Å²) in [4.78, 5) is 17.5. The van der Waals surface area contributed by atoms with Crippen molar-refractivity contribution in [1.29, 1.82) is 0 Å². The van der Waals surface area contributed by atoms with Crippen LogP contribution in [0.1, 0.15) is 12.0 Å². The number of aryl methyl sites for hydroxylation is 1. The lowest BCUT2D eigenvalue weighted by Gasteiger charge is -2.13. The Kier molecular flexibility index (Phi) is 3.68. The molecular formula is C12H16FN3O. The van der Waals surface area contributed by atoms with E-state index in [2.05, 4.69) is 10.3 Å². The number of amides is 1. The Morgan fingerprint density at radius 3 is 3.06 bits per heavy atom.